The molecule has 0 radical (unpaired) electrons. The number of furan rings is 1. The van der Waals surface area contributed by atoms with Gasteiger partial charge in [-0.25, -0.2) is 5.43 Å². The SMILES string of the molecule is Cc1c(C(=O)Nc2ccccc2Br)oc2c1/C(=N/NC(=O)c1cccc([N+](=O)[O-])c1)CCC2. The first kappa shape index (κ1) is 22.4. The van der Waals surface area contributed by atoms with Crippen molar-refractivity contribution in [2.24, 2.45) is 5.10 Å². The van der Waals surface area contributed by atoms with Gasteiger partial charge in [-0.1, -0.05) is 18.2 Å². The van der Waals surface area contributed by atoms with Crippen molar-refractivity contribution in [3.63, 3.8) is 0 Å². The van der Waals surface area contributed by atoms with Gasteiger partial charge >= 0.3 is 0 Å². The minimum Gasteiger partial charge on any atom is -0.455 e. The number of carbonyl (C=O) groups excluding carboxylic acids is 2. The normalized spacial score (nSPS) is 13.9. The Hall–Kier alpha value is -3.79. The Balaban J connectivity index is 1.57. The second-order valence-corrected chi connectivity index (χ2v) is 8.30. The first-order chi connectivity index (χ1) is 15.8. The number of amides is 2. The molecule has 168 valence electrons. The molecule has 1 aromatic heterocycles. The second-order valence-electron chi connectivity index (χ2n) is 7.45. The number of hydrogen-bond acceptors (Lipinski definition) is 6. The highest BCUT2D eigenvalue weighted by molar-refractivity contribution is 9.10. The van der Waals surface area contributed by atoms with Crippen LogP contribution in [0.25, 0.3) is 0 Å². The van der Waals surface area contributed by atoms with E-state index in [0.29, 0.717) is 41.1 Å². The summed E-state index contributed by atoms with van der Waals surface area (Å²) in [7, 11) is 0. The number of nitro groups is 1. The summed E-state index contributed by atoms with van der Waals surface area (Å²) >= 11 is 3.41. The molecule has 4 rings (SSSR count). The number of para-hydroxylation sites is 1. The van der Waals surface area contributed by atoms with Crippen LogP contribution in [0.5, 0.6) is 0 Å². The van der Waals surface area contributed by atoms with E-state index in [0.717, 1.165) is 10.9 Å². The van der Waals surface area contributed by atoms with Crippen molar-refractivity contribution >= 4 is 44.8 Å². The molecule has 1 aliphatic rings. The number of non-ortho nitro benzene ring substituents is 1. The number of nitrogens with zero attached hydrogens (tertiary/aromatic N) is 2. The fraction of sp³-hybridized carbons (Fsp3) is 0.174. The molecule has 2 N–H and O–H groups in total. The lowest BCUT2D eigenvalue weighted by atomic mass is 9.93. The lowest BCUT2D eigenvalue weighted by Gasteiger charge is -2.13. The van der Waals surface area contributed by atoms with Gasteiger partial charge in [0.05, 0.1) is 16.3 Å². The Kier molecular flexibility index (Phi) is 6.36. The lowest BCUT2D eigenvalue weighted by molar-refractivity contribution is -0.384. The number of benzene rings is 2. The third-order valence-electron chi connectivity index (χ3n) is 5.27. The van der Waals surface area contributed by atoms with Crippen LogP contribution in [0.15, 0.2) is 62.5 Å². The van der Waals surface area contributed by atoms with E-state index >= 15 is 0 Å². The van der Waals surface area contributed by atoms with Crippen molar-refractivity contribution in [2.45, 2.75) is 26.2 Å². The summed E-state index contributed by atoms with van der Waals surface area (Å²) in [6, 6.07) is 12.7. The maximum Gasteiger partial charge on any atom is 0.291 e. The van der Waals surface area contributed by atoms with Crippen LogP contribution in [0.2, 0.25) is 0 Å². The molecule has 0 spiro atoms. The fourth-order valence-corrected chi connectivity index (χ4v) is 4.07. The zero-order valence-corrected chi connectivity index (χ0v) is 19.1. The van der Waals surface area contributed by atoms with Crippen LogP contribution >= 0.6 is 15.9 Å². The van der Waals surface area contributed by atoms with Gasteiger partial charge in [-0.15, -0.1) is 0 Å². The van der Waals surface area contributed by atoms with Crippen molar-refractivity contribution in [1.82, 2.24) is 5.43 Å². The van der Waals surface area contributed by atoms with Gasteiger partial charge in [0.1, 0.15) is 5.76 Å². The topological polar surface area (TPSA) is 127 Å². The standard InChI is InChI=1S/C23H19BrN4O5/c1-13-20-18(26-27-22(29)14-6-4-7-15(12-14)28(31)32)10-5-11-19(20)33-21(13)23(30)25-17-9-3-2-8-16(17)24/h2-4,6-9,12H,5,10-11H2,1H3,(H,25,30)(H,27,29)/b26-18+. The predicted octanol–water partition coefficient (Wildman–Crippen LogP) is 4.98. The van der Waals surface area contributed by atoms with Crippen LogP contribution in [0.3, 0.4) is 0 Å². The van der Waals surface area contributed by atoms with Gasteiger partial charge in [0, 0.05) is 39.7 Å². The fourth-order valence-electron chi connectivity index (χ4n) is 3.68. The van der Waals surface area contributed by atoms with E-state index in [-0.39, 0.29) is 22.9 Å². The van der Waals surface area contributed by atoms with Gasteiger partial charge in [0.15, 0.2) is 5.76 Å². The number of rotatable bonds is 5. The first-order valence-corrected chi connectivity index (χ1v) is 10.9. The Morgan fingerprint density at radius 1 is 1.12 bits per heavy atom. The van der Waals surface area contributed by atoms with E-state index in [9.17, 15) is 19.7 Å². The molecule has 1 aliphatic carbocycles. The van der Waals surface area contributed by atoms with Gasteiger partial charge in [-0.3, -0.25) is 19.7 Å². The summed E-state index contributed by atoms with van der Waals surface area (Å²) in [6.45, 7) is 1.78. The van der Waals surface area contributed by atoms with Crippen LogP contribution in [0.1, 0.15) is 50.6 Å². The van der Waals surface area contributed by atoms with E-state index in [2.05, 4.69) is 31.8 Å². The Morgan fingerprint density at radius 2 is 1.91 bits per heavy atom. The van der Waals surface area contributed by atoms with Crippen molar-refractivity contribution in [3.8, 4) is 0 Å². The second kappa shape index (κ2) is 9.37. The summed E-state index contributed by atoms with van der Waals surface area (Å²) < 4.78 is 6.63. The van der Waals surface area contributed by atoms with Crippen molar-refractivity contribution < 1.29 is 18.9 Å². The molecule has 10 heteroatoms. The summed E-state index contributed by atoms with van der Waals surface area (Å²) in [5, 5.41) is 18.0. The molecule has 0 saturated carbocycles. The highest BCUT2D eigenvalue weighted by atomic mass is 79.9. The molecule has 2 amide bonds. The number of hydrazone groups is 1. The summed E-state index contributed by atoms with van der Waals surface area (Å²) in [6.07, 6.45) is 1.99. The largest absolute Gasteiger partial charge is 0.455 e. The third-order valence-corrected chi connectivity index (χ3v) is 5.96. The smallest absolute Gasteiger partial charge is 0.291 e. The number of halogens is 1. The molecule has 0 saturated heterocycles. The average molecular weight is 511 g/mol. The maximum absolute atomic E-state index is 12.9. The number of nitro benzene ring substituents is 1. The van der Waals surface area contributed by atoms with Gasteiger partial charge < -0.3 is 9.73 Å². The molecule has 9 nitrogen and oxygen atoms in total. The number of nitrogens with one attached hydrogen (secondary N) is 2. The Bertz CT molecular complexity index is 1300. The Morgan fingerprint density at radius 3 is 2.67 bits per heavy atom. The van der Waals surface area contributed by atoms with E-state index in [1.807, 2.05) is 18.2 Å². The summed E-state index contributed by atoms with van der Waals surface area (Å²) in [5.41, 5.74) is 4.97. The summed E-state index contributed by atoms with van der Waals surface area (Å²) in [4.78, 5) is 35.7. The Labute approximate surface area is 197 Å². The minimum absolute atomic E-state index is 0.127. The maximum atomic E-state index is 12.9. The van der Waals surface area contributed by atoms with Crippen LogP contribution in [0, 0.1) is 17.0 Å². The van der Waals surface area contributed by atoms with Crippen LogP contribution in [-0.2, 0) is 6.42 Å². The molecular weight excluding hydrogens is 492 g/mol. The highest BCUT2D eigenvalue weighted by Gasteiger charge is 2.28. The molecule has 0 aliphatic heterocycles. The average Bonchev–Trinajstić information content (AvgIpc) is 3.16. The van der Waals surface area contributed by atoms with Crippen LogP contribution < -0.4 is 10.7 Å². The zero-order chi connectivity index (χ0) is 23.5. The molecule has 1 heterocycles. The van der Waals surface area contributed by atoms with Crippen LogP contribution in [0.4, 0.5) is 11.4 Å². The number of fused-ring (bicyclic) bond motifs is 1. The molecule has 0 bridgehead atoms. The first-order valence-electron chi connectivity index (χ1n) is 10.1. The molecule has 0 fully saturated rings. The van der Waals surface area contributed by atoms with E-state index in [4.69, 9.17) is 4.42 Å². The van der Waals surface area contributed by atoms with Gasteiger partial charge in [-0.2, -0.15) is 5.10 Å². The van der Waals surface area contributed by atoms with Crippen LogP contribution in [-0.4, -0.2) is 22.4 Å². The van der Waals surface area contributed by atoms with E-state index < -0.39 is 10.8 Å². The molecule has 2 aromatic carbocycles. The molecular formula is C23H19BrN4O5. The van der Waals surface area contributed by atoms with E-state index in [1.54, 1.807) is 13.0 Å². The lowest BCUT2D eigenvalue weighted by Crippen LogP contribution is -2.22. The number of hydrogen-bond donors (Lipinski definition) is 2. The molecule has 3 aromatic rings. The van der Waals surface area contributed by atoms with Crippen molar-refractivity contribution in [3.05, 3.63) is 91.3 Å². The number of carbonyl (C=O) groups is 2. The van der Waals surface area contributed by atoms with E-state index in [1.165, 1.54) is 24.3 Å². The predicted molar refractivity (Wildman–Crippen MR) is 126 cm³/mol. The van der Waals surface area contributed by atoms with Gasteiger partial charge in [0.25, 0.3) is 17.5 Å². The summed E-state index contributed by atoms with van der Waals surface area (Å²) in [5.74, 6) is -0.116. The molecule has 0 unspecified atom stereocenters. The monoisotopic (exact) mass is 510 g/mol. The van der Waals surface area contributed by atoms with Gasteiger partial charge in [-0.05, 0) is 53.9 Å². The van der Waals surface area contributed by atoms with Crippen molar-refractivity contribution in [1.29, 1.82) is 0 Å². The zero-order valence-electron chi connectivity index (χ0n) is 17.6. The molecule has 33 heavy (non-hydrogen) atoms. The number of aryl methyl sites for hydroxylation is 1. The third kappa shape index (κ3) is 4.70. The quantitative estimate of drug-likeness (QED) is 0.369. The minimum atomic E-state index is -0.564. The number of anilines is 1. The highest BCUT2D eigenvalue weighted by Crippen LogP contribution is 2.31. The van der Waals surface area contributed by atoms with Crippen molar-refractivity contribution in [2.75, 3.05) is 5.32 Å². The van der Waals surface area contributed by atoms with Gasteiger partial charge in [0.2, 0.25) is 0 Å². The molecule has 0 atom stereocenters.